The average Bonchev–Trinajstić information content (AvgIpc) is 2.38. The summed E-state index contributed by atoms with van der Waals surface area (Å²) < 4.78 is 0. The van der Waals surface area contributed by atoms with Crippen LogP contribution < -0.4 is 10.6 Å². The van der Waals surface area contributed by atoms with Crippen molar-refractivity contribution in [3.05, 3.63) is 29.8 Å². The van der Waals surface area contributed by atoms with E-state index in [1.54, 1.807) is 13.1 Å². The molecule has 0 saturated heterocycles. The quantitative estimate of drug-likeness (QED) is 0.703. The van der Waals surface area contributed by atoms with Gasteiger partial charge in [0.2, 0.25) is 0 Å². The number of hydrogen-bond donors (Lipinski definition) is 3. The third-order valence-electron chi connectivity index (χ3n) is 2.68. The van der Waals surface area contributed by atoms with Crippen LogP contribution in [0.1, 0.15) is 30.1 Å². The van der Waals surface area contributed by atoms with Crippen LogP contribution >= 0.6 is 0 Å². The Bertz CT molecular complexity index is 366. The zero-order valence-electron chi connectivity index (χ0n) is 10.4. The van der Waals surface area contributed by atoms with Gasteiger partial charge in [-0.3, -0.25) is 4.79 Å². The van der Waals surface area contributed by atoms with Gasteiger partial charge in [0, 0.05) is 19.3 Å². The molecule has 4 nitrogen and oxygen atoms in total. The highest BCUT2D eigenvalue weighted by atomic mass is 16.3. The zero-order chi connectivity index (χ0) is 12.7. The Morgan fingerprint density at radius 2 is 2.12 bits per heavy atom. The summed E-state index contributed by atoms with van der Waals surface area (Å²) in [5.74, 6) is -0.113. The summed E-state index contributed by atoms with van der Waals surface area (Å²) in [4.78, 5) is 11.9. The third-order valence-corrected chi connectivity index (χ3v) is 2.68. The molecule has 4 heteroatoms. The fourth-order valence-electron chi connectivity index (χ4n) is 1.55. The molecule has 0 bridgehead atoms. The SMILES string of the molecule is CCC(O)CCNC(=O)c1ccccc1NC. The Kier molecular flexibility index (Phi) is 5.49. The van der Waals surface area contributed by atoms with Gasteiger partial charge < -0.3 is 15.7 Å². The number of anilines is 1. The lowest BCUT2D eigenvalue weighted by Crippen LogP contribution is -2.27. The van der Waals surface area contributed by atoms with Crippen LogP contribution in [0.25, 0.3) is 0 Å². The van der Waals surface area contributed by atoms with Crippen LogP contribution in [0.15, 0.2) is 24.3 Å². The predicted molar refractivity (Wildman–Crippen MR) is 69.2 cm³/mol. The number of amides is 1. The number of nitrogens with one attached hydrogen (secondary N) is 2. The largest absolute Gasteiger partial charge is 0.393 e. The fraction of sp³-hybridized carbons (Fsp3) is 0.462. The number of para-hydroxylation sites is 1. The monoisotopic (exact) mass is 236 g/mol. The van der Waals surface area contributed by atoms with E-state index in [0.717, 1.165) is 5.69 Å². The normalized spacial score (nSPS) is 11.9. The minimum Gasteiger partial charge on any atom is -0.393 e. The van der Waals surface area contributed by atoms with E-state index in [2.05, 4.69) is 10.6 Å². The summed E-state index contributed by atoms with van der Waals surface area (Å²) in [6.07, 6.45) is 0.960. The molecule has 1 amide bonds. The van der Waals surface area contributed by atoms with Crippen molar-refractivity contribution in [3.63, 3.8) is 0 Å². The van der Waals surface area contributed by atoms with E-state index >= 15 is 0 Å². The zero-order valence-corrected chi connectivity index (χ0v) is 10.4. The third kappa shape index (κ3) is 4.07. The maximum absolute atomic E-state index is 11.9. The van der Waals surface area contributed by atoms with Gasteiger partial charge in [-0.1, -0.05) is 19.1 Å². The molecule has 0 spiro atoms. The van der Waals surface area contributed by atoms with Crippen molar-refractivity contribution < 1.29 is 9.90 Å². The Hall–Kier alpha value is -1.55. The number of hydrogen-bond acceptors (Lipinski definition) is 3. The van der Waals surface area contributed by atoms with Gasteiger partial charge in [0.1, 0.15) is 0 Å². The Morgan fingerprint density at radius 1 is 1.41 bits per heavy atom. The highest BCUT2D eigenvalue weighted by molar-refractivity contribution is 5.99. The molecule has 1 unspecified atom stereocenters. The topological polar surface area (TPSA) is 61.4 Å². The van der Waals surface area contributed by atoms with Crippen LogP contribution in [0.3, 0.4) is 0 Å². The van der Waals surface area contributed by atoms with Gasteiger partial charge in [-0.25, -0.2) is 0 Å². The van der Waals surface area contributed by atoms with Gasteiger partial charge in [-0.15, -0.1) is 0 Å². The molecule has 0 aliphatic rings. The molecule has 94 valence electrons. The molecule has 1 aromatic carbocycles. The molecule has 0 heterocycles. The van der Waals surface area contributed by atoms with Gasteiger partial charge in [0.05, 0.1) is 11.7 Å². The summed E-state index contributed by atoms with van der Waals surface area (Å²) in [7, 11) is 1.78. The lowest BCUT2D eigenvalue weighted by atomic mass is 10.1. The minimum atomic E-state index is -0.338. The summed E-state index contributed by atoms with van der Waals surface area (Å²) >= 11 is 0. The molecule has 0 aliphatic heterocycles. The average molecular weight is 236 g/mol. The summed E-state index contributed by atoms with van der Waals surface area (Å²) in [5, 5.41) is 15.2. The van der Waals surface area contributed by atoms with E-state index in [1.807, 2.05) is 25.1 Å². The first kappa shape index (κ1) is 13.5. The molecule has 1 rings (SSSR count). The maximum Gasteiger partial charge on any atom is 0.253 e. The molecule has 1 aromatic rings. The first-order chi connectivity index (χ1) is 8.19. The second kappa shape index (κ2) is 6.91. The van der Waals surface area contributed by atoms with Crippen LogP contribution in [-0.4, -0.2) is 30.7 Å². The molecule has 0 aromatic heterocycles. The van der Waals surface area contributed by atoms with Crippen LogP contribution in [0, 0.1) is 0 Å². The van der Waals surface area contributed by atoms with E-state index in [4.69, 9.17) is 0 Å². The van der Waals surface area contributed by atoms with Gasteiger partial charge in [-0.2, -0.15) is 0 Å². The second-order valence-corrected chi connectivity index (χ2v) is 3.90. The Balaban J connectivity index is 2.52. The first-order valence-electron chi connectivity index (χ1n) is 5.92. The van der Waals surface area contributed by atoms with Gasteiger partial charge >= 0.3 is 0 Å². The number of aliphatic hydroxyl groups excluding tert-OH is 1. The van der Waals surface area contributed by atoms with Crippen molar-refractivity contribution in [3.8, 4) is 0 Å². The predicted octanol–water partition coefficient (Wildman–Crippen LogP) is 1.62. The standard InChI is InChI=1S/C13H20N2O2/c1-3-10(16)8-9-15-13(17)11-6-4-5-7-12(11)14-2/h4-7,10,14,16H,3,8-9H2,1-2H3,(H,15,17). The van der Waals surface area contributed by atoms with E-state index < -0.39 is 0 Å². The summed E-state index contributed by atoms with van der Waals surface area (Å²) in [5.41, 5.74) is 1.43. The molecule has 0 radical (unpaired) electrons. The number of aliphatic hydroxyl groups is 1. The highest BCUT2D eigenvalue weighted by Crippen LogP contribution is 2.13. The lowest BCUT2D eigenvalue weighted by molar-refractivity contribution is 0.0943. The molecular weight excluding hydrogens is 216 g/mol. The molecular formula is C13H20N2O2. The van der Waals surface area contributed by atoms with Crippen LogP contribution in [0.4, 0.5) is 5.69 Å². The van der Waals surface area contributed by atoms with E-state index in [0.29, 0.717) is 24.9 Å². The molecule has 3 N–H and O–H groups in total. The highest BCUT2D eigenvalue weighted by Gasteiger charge is 2.09. The first-order valence-corrected chi connectivity index (χ1v) is 5.92. The van der Waals surface area contributed by atoms with Gasteiger partial charge in [-0.05, 0) is 25.0 Å². The Labute approximate surface area is 102 Å². The summed E-state index contributed by atoms with van der Waals surface area (Å²) in [6.45, 7) is 2.41. The maximum atomic E-state index is 11.9. The Morgan fingerprint density at radius 3 is 2.76 bits per heavy atom. The molecule has 0 fully saturated rings. The van der Waals surface area contributed by atoms with Crippen molar-refractivity contribution in [1.29, 1.82) is 0 Å². The molecule has 1 atom stereocenters. The van der Waals surface area contributed by atoms with Crippen LogP contribution in [-0.2, 0) is 0 Å². The van der Waals surface area contributed by atoms with Crippen molar-refractivity contribution in [2.24, 2.45) is 0 Å². The van der Waals surface area contributed by atoms with Crippen molar-refractivity contribution in [2.75, 3.05) is 18.9 Å². The van der Waals surface area contributed by atoms with Crippen LogP contribution in [0.2, 0.25) is 0 Å². The van der Waals surface area contributed by atoms with Crippen molar-refractivity contribution in [1.82, 2.24) is 5.32 Å². The van der Waals surface area contributed by atoms with Crippen molar-refractivity contribution >= 4 is 11.6 Å². The van der Waals surface area contributed by atoms with E-state index in [9.17, 15) is 9.90 Å². The number of carbonyl (C=O) groups excluding carboxylic acids is 1. The van der Waals surface area contributed by atoms with Crippen molar-refractivity contribution in [2.45, 2.75) is 25.9 Å². The smallest absolute Gasteiger partial charge is 0.253 e. The van der Waals surface area contributed by atoms with E-state index in [1.165, 1.54) is 0 Å². The van der Waals surface area contributed by atoms with E-state index in [-0.39, 0.29) is 12.0 Å². The van der Waals surface area contributed by atoms with Gasteiger partial charge in [0.15, 0.2) is 0 Å². The second-order valence-electron chi connectivity index (χ2n) is 3.90. The van der Waals surface area contributed by atoms with Crippen LogP contribution in [0.5, 0.6) is 0 Å². The fourth-order valence-corrected chi connectivity index (χ4v) is 1.55. The number of rotatable bonds is 6. The number of benzene rings is 1. The number of carbonyl (C=O) groups is 1. The minimum absolute atomic E-state index is 0.113. The molecule has 0 aliphatic carbocycles. The van der Waals surface area contributed by atoms with Gasteiger partial charge in [0.25, 0.3) is 5.91 Å². The summed E-state index contributed by atoms with van der Waals surface area (Å²) in [6, 6.07) is 7.34. The lowest BCUT2D eigenvalue weighted by Gasteiger charge is -2.11. The molecule has 17 heavy (non-hydrogen) atoms. The molecule has 0 saturated carbocycles.